The van der Waals surface area contributed by atoms with Gasteiger partial charge in [-0.1, -0.05) is 365 Å². The van der Waals surface area contributed by atoms with Gasteiger partial charge in [0.05, 0.1) is 0 Å². The average molecular weight is 1140 g/mol. The van der Waals surface area contributed by atoms with E-state index in [0.717, 1.165) is 70.6 Å². The number of ether oxygens (including phenoxy) is 3. The van der Waals surface area contributed by atoms with Crippen LogP contribution in [-0.4, -0.2) is 37.2 Å². The molecule has 0 spiro atoms. The molecule has 6 nitrogen and oxygen atoms in total. The molecule has 81 heavy (non-hydrogen) atoms. The average Bonchev–Trinajstić information content (AvgIpc) is 3.47. The number of carbonyl (C=O) groups excluding carboxylic acids is 3. The highest BCUT2D eigenvalue weighted by atomic mass is 16.6. The summed E-state index contributed by atoms with van der Waals surface area (Å²) in [6.45, 7) is 6.71. The lowest BCUT2D eigenvalue weighted by atomic mass is 10.0. The Morgan fingerprint density at radius 3 is 0.691 bits per heavy atom. The highest BCUT2D eigenvalue weighted by molar-refractivity contribution is 5.71. The molecule has 0 heterocycles. The number of unbranched alkanes of at least 4 members (excludes halogenated alkanes) is 51. The van der Waals surface area contributed by atoms with Crippen molar-refractivity contribution in [2.45, 2.75) is 412 Å². The first-order valence-electron chi connectivity index (χ1n) is 36.5. The molecule has 1 atom stereocenters. The fourth-order valence-corrected chi connectivity index (χ4v) is 11.2. The summed E-state index contributed by atoms with van der Waals surface area (Å²) in [5.74, 6) is -0.837. The van der Waals surface area contributed by atoms with E-state index < -0.39 is 6.10 Å². The van der Waals surface area contributed by atoms with Gasteiger partial charge in [0.1, 0.15) is 13.2 Å². The fraction of sp³-hybridized carbons (Fsp3) is 0.880. The molecule has 0 aliphatic rings. The van der Waals surface area contributed by atoms with Crippen LogP contribution < -0.4 is 0 Å². The van der Waals surface area contributed by atoms with Crippen LogP contribution in [0.15, 0.2) is 36.5 Å². The lowest BCUT2D eigenvalue weighted by Crippen LogP contribution is -2.30. The lowest BCUT2D eigenvalue weighted by molar-refractivity contribution is -0.167. The smallest absolute Gasteiger partial charge is 0.306 e. The van der Waals surface area contributed by atoms with Gasteiger partial charge in [-0.15, -0.1) is 0 Å². The number of esters is 3. The SMILES string of the molecule is CCCCCCC/C=C\C/C=C\C/C=C\CCCCCCCCCCCCC(=O)OCC(COC(=O)CCCCCCCCCCCCCCCCCC)OC(=O)CCCCCCCCCCCCCCCCCCCCCCCC. The number of hydrogen-bond acceptors (Lipinski definition) is 6. The Bertz CT molecular complexity index is 1350. The summed E-state index contributed by atoms with van der Waals surface area (Å²) in [5.41, 5.74) is 0. The molecule has 0 N–H and O–H groups in total. The molecule has 0 aromatic heterocycles. The van der Waals surface area contributed by atoms with Crippen molar-refractivity contribution in [3.63, 3.8) is 0 Å². The van der Waals surface area contributed by atoms with Gasteiger partial charge < -0.3 is 14.2 Å². The number of rotatable bonds is 68. The van der Waals surface area contributed by atoms with Crippen LogP contribution in [0.25, 0.3) is 0 Å². The molecule has 0 bridgehead atoms. The maximum absolute atomic E-state index is 13.0. The lowest BCUT2D eigenvalue weighted by Gasteiger charge is -2.18. The molecule has 1 unspecified atom stereocenters. The van der Waals surface area contributed by atoms with Crippen molar-refractivity contribution in [2.75, 3.05) is 13.2 Å². The Morgan fingerprint density at radius 2 is 0.444 bits per heavy atom. The number of hydrogen-bond donors (Lipinski definition) is 0. The zero-order valence-electron chi connectivity index (χ0n) is 54.8. The van der Waals surface area contributed by atoms with Gasteiger partial charge in [-0.3, -0.25) is 14.4 Å². The second kappa shape index (κ2) is 70.1. The molecular weight excluding hydrogens is 997 g/mol. The van der Waals surface area contributed by atoms with E-state index in [9.17, 15) is 14.4 Å². The third-order valence-electron chi connectivity index (χ3n) is 16.6. The molecule has 476 valence electrons. The van der Waals surface area contributed by atoms with Gasteiger partial charge >= 0.3 is 17.9 Å². The molecule has 0 rings (SSSR count). The van der Waals surface area contributed by atoms with Crippen molar-refractivity contribution in [3.05, 3.63) is 36.5 Å². The Morgan fingerprint density at radius 1 is 0.247 bits per heavy atom. The Kier molecular flexibility index (Phi) is 68.1. The number of allylic oxidation sites excluding steroid dienone is 6. The molecule has 0 saturated carbocycles. The van der Waals surface area contributed by atoms with Crippen molar-refractivity contribution >= 4 is 17.9 Å². The Labute approximate surface area is 506 Å². The van der Waals surface area contributed by atoms with Crippen molar-refractivity contribution < 1.29 is 28.6 Å². The second-order valence-corrected chi connectivity index (χ2v) is 24.9. The van der Waals surface area contributed by atoms with E-state index in [2.05, 4.69) is 57.2 Å². The van der Waals surface area contributed by atoms with Gasteiger partial charge in [0.15, 0.2) is 6.10 Å². The zero-order chi connectivity index (χ0) is 58.5. The largest absolute Gasteiger partial charge is 0.462 e. The quantitative estimate of drug-likeness (QED) is 0.0261. The molecule has 0 aliphatic carbocycles. The van der Waals surface area contributed by atoms with Crippen LogP contribution in [0.3, 0.4) is 0 Å². The summed E-state index contributed by atoms with van der Waals surface area (Å²) in [5, 5.41) is 0. The summed E-state index contributed by atoms with van der Waals surface area (Å²) in [6.07, 6.45) is 87.4. The van der Waals surface area contributed by atoms with E-state index in [1.807, 2.05) is 0 Å². The normalized spacial score (nSPS) is 12.2. The first-order chi connectivity index (χ1) is 40.0. The Balaban J connectivity index is 4.29. The van der Waals surface area contributed by atoms with Crippen LogP contribution in [-0.2, 0) is 28.6 Å². The van der Waals surface area contributed by atoms with Crippen LogP contribution in [0.4, 0.5) is 0 Å². The minimum absolute atomic E-state index is 0.0667. The molecule has 0 aliphatic heterocycles. The number of carbonyl (C=O) groups is 3. The van der Waals surface area contributed by atoms with E-state index in [1.165, 1.54) is 295 Å². The fourth-order valence-electron chi connectivity index (χ4n) is 11.2. The van der Waals surface area contributed by atoms with Crippen molar-refractivity contribution in [1.29, 1.82) is 0 Å². The minimum Gasteiger partial charge on any atom is -0.462 e. The van der Waals surface area contributed by atoms with Crippen LogP contribution in [0.5, 0.6) is 0 Å². The van der Waals surface area contributed by atoms with Gasteiger partial charge in [0, 0.05) is 19.3 Å². The maximum atomic E-state index is 13.0. The van der Waals surface area contributed by atoms with Gasteiger partial charge in [-0.2, -0.15) is 0 Å². The van der Waals surface area contributed by atoms with Crippen molar-refractivity contribution in [1.82, 2.24) is 0 Å². The van der Waals surface area contributed by atoms with Crippen molar-refractivity contribution in [3.8, 4) is 0 Å². The zero-order valence-corrected chi connectivity index (χ0v) is 54.8. The van der Waals surface area contributed by atoms with E-state index in [1.54, 1.807) is 0 Å². The van der Waals surface area contributed by atoms with Crippen LogP contribution in [0.1, 0.15) is 406 Å². The first-order valence-corrected chi connectivity index (χ1v) is 36.5. The molecule has 0 saturated heterocycles. The van der Waals surface area contributed by atoms with E-state index in [4.69, 9.17) is 14.2 Å². The summed E-state index contributed by atoms with van der Waals surface area (Å²) in [7, 11) is 0. The van der Waals surface area contributed by atoms with Crippen LogP contribution >= 0.6 is 0 Å². The van der Waals surface area contributed by atoms with Gasteiger partial charge in [-0.25, -0.2) is 0 Å². The van der Waals surface area contributed by atoms with E-state index in [0.29, 0.717) is 19.3 Å². The first kappa shape index (κ1) is 78.6. The summed E-state index contributed by atoms with van der Waals surface area (Å²) in [4.78, 5) is 38.5. The molecule has 6 heteroatoms. The molecule has 0 aromatic rings. The molecule has 0 amide bonds. The molecule has 0 fully saturated rings. The van der Waals surface area contributed by atoms with Crippen LogP contribution in [0.2, 0.25) is 0 Å². The highest BCUT2D eigenvalue weighted by Gasteiger charge is 2.19. The summed E-state index contributed by atoms with van der Waals surface area (Å²) < 4.78 is 17.0. The topological polar surface area (TPSA) is 78.9 Å². The van der Waals surface area contributed by atoms with E-state index >= 15 is 0 Å². The highest BCUT2D eigenvalue weighted by Crippen LogP contribution is 2.19. The van der Waals surface area contributed by atoms with Gasteiger partial charge in [-0.05, 0) is 57.8 Å². The molecule has 0 aromatic carbocycles. The molecular formula is C75H140O6. The minimum atomic E-state index is -0.771. The van der Waals surface area contributed by atoms with Crippen LogP contribution in [0, 0.1) is 0 Å². The molecule has 0 radical (unpaired) electrons. The van der Waals surface area contributed by atoms with E-state index in [-0.39, 0.29) is 31.1 Å². The van der Waals surface area contributed by atoms with Gasteiger partial charge in [0.25, 0.3) is 0 Å². The Hall–Kier alpha value is -2.37. The summed E-state index contributed by atoms with van der Waals surface area (Å²) >= 11 is 0. The predicted molar refractivity (Wildman–Crippen MR) is 353 cm³/mol. The van der Waals surface area contributed by atoms with Gasteiger partial charge in [0.2, 0.25) is 0 Å². The summed E-state index contributed by atoms with van der Waals surface area (Å²) in [6, 6.07) is 0. The third kappa shape index (κ3) is 68.3. The monoisotopic (exact) mass is 1140 g/mol. The predicted octanol–water partition coefficient (Wildman–Crippen LogP) is 25.1. The van der Waals surface area contributed by atoms with Crippen molar-refractivity contribution in [2.24, 2.45) is 0 Å². The standard InChI is InChI=1S/C75H140O6/c1-4-7-10-13-16-19-22-25-28-31-33-35-37-38-39-41-42-44-47-50-53-56-59-62-65-68-74(77)80-71-72(70-79-73(76)67-64-61-58-55-52-49-46-30-27-24-21-18-15-12-9-6-3)81-75(78)69-66-63-60-57-54-51-48-45-43-40-36-34-32-29-26-23-20-17-14-11-8-5-2/h22,25,31,33,37-38,72H,4-21,23-24,26-30,32,34-36,39-71H2,1-3H3/b25-22-,33-31-,38-37-. The maximum Gasteiger partial charge on any atom is 0.306 e. The third-order valence-corrected chi connectivity index (χ3v) is 16.6. The second-order valence-electron chi connectivity index (χ2n) is 24.9.